The highest BCUT2D eigenvalue weighted by atomic mass is 19.1. The number of allylic oxidation sites excluding steroid dienone is 1. The summed E-state index contributed by atoms with van der Waals surface area (Å²) in [5.74, 6) is -0.965. The molecule has 0 aromatic carbocycles. The molecule has 1 rings (SSSR count). The number of rotatable bonds is 5. The molecule has 0 aromatic rings. The second-order valence-corrected chi connectivity index (χ2v) is 5.30. The van der Waals surface area contributed by atoms with Crippen LogP contribution in [-0.4, -0.2) is 23.7 Å². The Bertz CT molecular complexity index is 305. The zero-order valence-electron chi connectivity index (χ0n) is 11.3. The van der Waals surface area contributed by atoms with Crippen LogP contribution >= 0.6 is 0 Å². The molecule has 1 saturated carbocycles. The smallest absolute Gasteiger partial charge is 0.280 e. The molecular weight excluding hydrogens is 233 g/mol. The quantitative estimate of drug-likeness (QED) is 0.744. The van der Waals surface area contributed by atoms with Gasteiger partial charge < -0.3 is 10.4 Å². The van der Waals surface area contributed by atoms with Crippen molar-refractivity contribution in [1.82, 2.24) is 5.32 Å². The normalized spacial score (nSPS) is 18.2. The number of carbonyl (C=O) groups is 1. The Labute approximate surface area is 108 Å². The molecule has 18 heavy (non-hydrogen) atoms. The van der Waals surface area contributed by atoms with Crippen molar-refractivity contribution in [3.8, 4) is 0 Å². The molecule has 1 atom stereocenters. The average molecular weight is 257 g/mol. The van der Waals surface area contributed by atoms with Gasteiger partial charge in [0.25, 0.3) is 5.91 Å². The topological polar surface area (TPSA) is 49.3 Å². The monoisotopic (exact) mass is 257 g/mol. The van der Waals surface area contributed by atoms with Gasteiger partial charge in [-0.05, 0) is 44.6 Å². The largest absolute Gasteiger partial charge is 0.396 e. The van der Waals surface area contributed by atoms with Crippen LogP contribution in [0.4, 0.5) is 4.39 Å². The fraction of sp³-hybridized carbons (Fsp3) is 0.786. The lowest BCUT2D eigenvalue weighted by molar-refractivity contribution is -0.120. The average Bonchev–Trinajstić information content (AvgIpc) is 2.38. The highest BCUT2D eigenvalue weighted by molar-refractivity contribution is 5.92. The zero-order chi connectivity index (χ0) is 13.5. The molecule has 4 heteroatoms. The Balaban J connectivity index is 2.62. The number of aliphatic hydroxyl groups is 1. The van der Waals surface area contributed by atoms with E-state index in [9.17, 15) is 9.18 Å². The van der Waals surface area contributed by atoms with Crippen LogP contribution in [-0.2, 0) is 4.79 Å². The van der Waals surface area contributed by atoms with Crippen molar-refractivity contribution in [2.24, 2.45) is 5.92 Å². The molecule has 104 valence electrons. The molecule has 1 aliphatic rings. The number of nitrogens with one attached hydrogen (secondary N) is 1. The molecule has 0 aromatic heterocycles. The molecule has 1 unspecified atom stereocenters. The Hall–Kier alpha value is -0.900. The summed E-state index contributed by atoms with van der Waals surface area (Å²) in [5, 5.41) is 11.8. The molecule has 0 aliphatic heterocycles. The fourth-order valence-corrected chi connectivity index (χ4v) is 2.56. The first-order valence-electron chi connectivity index (χ1n) is 6.81. The Morgan fingerprint density at radius 1 is 1.33 bits per heavy atom. The van der Waals surface area contributed by atoms with Gasteiger partial charge in [0.2, 0.25) is 0 Å². The van der Waals surface area contributed by atoms with Gasteiger partial charge in [0.05, 0.1) is 0 Å². The predicted molar refractivity (Wildman–Crippen MR) is 69.7 cm³/mol. The van der Waals surface area contributed by atoms with E-state index in [1.807, 2.05) is 0 Å². The first kappa shape index (κ1) is 15.2. The lowest BCUT2D eigenvalue weighted by atomic mass is 9.82. The molecule has 1 fully saturated rings. The number of amides is 1. The summed E-state index contributed by atoms with van der Waals surface area (Å²) >= 11 is 0. The van der Waals surface area contributed by atoms with Crippen LogP contribution in [0.15, 0.2) is 11.4 Å². The molecule has 0 spiro atoms. The lowest BCUT2D eigenvalue weighted by Gasteiger charge is -2.30. The standard InChI is InChI=1S/C14H24FNO2/c1-10(2)13(15)14(18)16-12(8-9-17)11-6-4-3-5-7-11/h11-12,17H,3-9H2,1-2H3,(H,16,18). The van der Waals surface area contributed by atoms with Crippen molar-refractivity contribution in [3.05, 3.63) is 11.4 Å². The van der Waals surface area contributed by atoms with Gasteiger partial charge >= 0.3 is 0 Å². The third-order valence-electron chi connectivity index (χ3n) is 3.61. The molecule has 0 heterocycles. The van der Waals surface area contributed by atoms with Gasteiger partial charge in [-0.15, -0.1) is 0 Å². The number of hydrogen-bond acceptors (Lipinski definition) is 2. The predicted octanol–water partition coefficient (Wildman–Crippen LogP) is 2.70. The van der Waals surface area contributed by atoms with Crippen LogP contribution in [0.2, 0.25) is 0 Å². The maximum Gasteiger partial charge on any atom is 0.280 e. The molecule has 3 nitrogen and oxygen atoms in total. The van der Waals surface area contributed by atoms with E-state index in [4.69, 9.17) is 5.11 Å². The molecule has 0 saturated heterocycles. The number of halogens is 1. The summed E-state index contributed by atoms with van der Waals surface area (Å²) in [4.78, 5) is 11.7. The Kier molecular flexibility index (Phi) is 6.33. The zero-order valence-corrected chi connectivity index (χ0v) is 11.3. The molecule has 2 N–H and O–H groups in total. The molecule has 0 bridgehead atoms. The van der Waals surface area contributed by atoms with Crippen molar-refractivity contribution < 1.29 is 14.3 Å². The van der Waals surface area contributed by atoms with Crippen LogP contribution in [0.5, 0.6) is 0 Å². The van der Waals surface area contributed by atoms with Crippen LogP contribution < -0.4 is 5.32 Å². The molecular formula is C14H24FNO2. The van der Waals surface area contributed by atoms with Crippen LogP contribution in [0, 0.1) is 5.92 Å². The third-order valence-corrected chi connectivity index (χ3v) is 3.61. The third kappa shape index (κ3) is 4.41. The molecule has 1 amide bonds. The minimum atomic E-state index is -0.700. The van der Waals surface area contributed by atoms with Crippen molar-refractivity contribution >= 4 is 5.91 Å². The summed E-state index contributed by atoms with van der Waals surface area (Å²) in [6.45, 7) is 3.19. The van der Waals surface area contributed by atoms with Crippen molar-refractivity contribution in [2.75, 3.05) is 6.61 Å². The van der Waals surface area contributed by atoms with Crippen molar-refractivity contribution in [1.29, 1.82) is 0 Å². The summed E-state index contributed by atoms with van der Waals surface area (Å²) in [5.41, 5.74) is 0.388. The van der Waals surface area contributed by atoms with Gasteiger partial charge in [-0.2, -0.15) is 0 Å². The number of carbonyl (C=O) groups excluding carboxylic acids is 1. The van der Waals surface area contributed by atoms with E-state index in [0.717, 1.165) is 25.7 Å². The molecule has 0 radical (unpaired) electrons. The lowest BCUT2D eigenvalue weighted by Crippen LogP contribution is -2.42. The van der Waals surface area contributed by atoms with E-state index in [-0.39, 0.29) is 12.6 Å². The summed E-state index contributed by atoms with van der Waals surface area (Å²) in [7, 11) is 0. The Morgan fingerprint density at radius 3 is 2.44 bits per heavy atom. The van der Waals surface area contributed by atoms with E-state index in [1.165, 1.54) is 6.42 Å². The van der Waals surface area contributed by atoms with Crippen molar-refractivity contribution in [3.63, 3.8) is 0 Å². The van der Waals surface area contributed by atoms with Gasteiger partial charge in [0.15, 0.2) is 5.83 Å². The van der Waals surface area contributed by atoms with E-state index < -0.39 is 11.7 Å². The van der Waals surface area contributed by atoms with Crippen LogP contribution in [0.1, 0.15) is 52.4 Å². The first-order chi connectivity index (χ1) is 8.56. The second-order valence-electron chi connectivity index (χ2n) is 5.30. The minimum Gasteiger partial charge on any atom is -0.396 e. The molecule has 1 aliphatic carbocycles. The van der Waals surface area contributed by atoms with Gasteiger partial charge in [0, 0.05) is 12.6 Å². The number of hydrogen-bond donors (Lipinski definition) is 2. The number of aliphatic hydroxyl groups excluding tert-OH is 1. The van der Waals surface area contributed by atoms with Crippen molar-refractivity contribution in [2.45, 2.75) is 58.4 Å². The second kappa shape index (κ2) is 7.52. The van der Waals surface area contributed by atoms with Crippen LogP contribution in [0.25, 0.3) is 0 Å². The van der Waals surface area contributed by atoms with Gasteiger partial charge in [-0.1, -0.05) is 19.3 Å². The summed E-state index contributed by atoms with van der Waals surface area (Å²) in [6, 6.07) is -0.104. The highest BCUT2D eigenvalue weighted by Gasteiger charge is 2.25. The van der Waals surface area contributed by atoms with E-state index in [2.05, 4.69) is 5.32 Å². The fourth-order valence-electron chi connectivity index (χ4n) is 2.56. The van der Waals surface area contributed by atoms with Crippen LogP contribution in [0.3, 0.4) is 0 Å². The first-order valence-corrected chi connectivity index (χ1v) is 6.81. The summed E-state index contributed by atoms with van der Waals surface area (Å²) in [6.07, 6.45) is 6.18. The SMILES string of the molecule is CC(C)=C(F)C(=O)NC(CCO)C1CCCCC1. The van der Waals surface area contributed by atoms with E-state index in [1.54, 1.807) is 13.8 Å². The maximum atomic E-state index is 13.5. The summed E-state index contributed by atoms with van der Waals surface area (Å²) < 4.78 is 13.5. The minimum absolute atomic E-state index is 0.0257. The maximum absolute atomic E-state index is 13.5. The van der Waals surface area contributed by atoms with Gasteiger partial charge in [0.1, 0.15) is 0 Å². The van der Waals surface area contributed by atoms with Gasteiger partial charge in [-0.3, -0.25) is 4.79 Å². The highest BCUT2D eigenvalue weighted by Crippen LogP contribution is 2.28. The van der Waals surface area contributed by atoms with E-state index in [0.29, 0.717) is 17.9 Å². The van der Waals surface area contributed by atoms with E-state index >= 15 is 0 Å². The van der Waals surface area contributed by atoms with Gasteiger partial charge in [-0.25, -0.2) is 4.39 Å². The Morgan fingerprint density at radius 2 is 1.94 bits per heavy atom.